The van der Waals surface area contributed by atoms with Gasteiger partial charge in [0.1, 0.15) is 17.2 Å². The highest BCUT2D eigenvalue weighted by atomic mass is 31.2. The van der Waals surface area contributed by atoms with E-state index in [0.717, 1.165) is 12.0 Å². The van der Waals surface area contributed by atoms with Gasteiger partial charge in [-0.2, -0.15) is 4.57 Å². The second kappa shape index (κ2) is 11.0. The lowest BCUT2D eigenvalue weighted by Crippen LogP contribution is -2.08. The summed E-state index contributed by atoms with van der Waals surface area (Å²) in [5.74, 6) is 1.31. The molecule has 0 amide bonds. The van der Waals surface area contributed by atoms with Crippen LogP contribution in [-0.4, -0.2) is 14.7 Å². The molecule has 0 fully saturated rings. The van der Waals surface area contributed by atoms with Crippen molar-refractivity contribution in [2.24, 2.45) is 0 Å². The van der Waals surface area contributed by atoms with E-state index >= 15 is 0 Å². The van der Waals surface area contributed by atoms with Gasteiger partial charge < -0.3 is 28.3 Å². The second-order valence-corrected chi connectivity index (χ2v) is 8.29. The average Bonchev–Trinajstić information content (AvgIpc) is 2.68. The van der Waals surface area contributed by atoms with Crippen molar-refractivity contribution < 1.29 is 37.4 Å². The number of para-hydroxylation sites is 3. The maximum absolute atomic E-state index is 13.3. The van der Waals surface area contributed by atoms with E-state index in [1.54, 1.807) is 54.6 Å². The molecule has 3 N–H and O–H groups in total. The number of hydrogen-bond donors (Lipinski definition) is 3. The Morgan fingerprint density at radius 1 is 0.667 bits per heavy atom. The summed E-state index contributed by atoms with van der Waals surface area (Å²) >= 11 is 0. The molecule has 0 heterocycles. The number of hydrogen-bond acceptors (Lipinski definition) is 5. The van der Waals surface area contributed by atoms with Crippen LogP contribution in [0.2, 0.25) is 0 Å². The SMILES string of the molecule is CCc1ccccc1OP(=O)(Oc1ccccc1)Oc1ccccc1.O=P(O)(O)O. The van der Waals surface area contributed by atoms with E-state index in [1.807, 2.05) is 37.3 Å². The fourth-order valence-corrected chi connectivity index (χ4v) is 3.57. The van der Waals surface area contributed by atoms with Crippen molar-refractivity contribution in [1.82, 2.24) is 0 Å². The van der Waals surface area contributed by atoms with Crippen LogP contribution >= 0.6 is 15.6 Å². The second-order valence-electron chi connectivity index (χ2n) is 5.82. The molecule has 3 aromatic carbocycles. The Labute approximate surface area is 174 Å². The minimum absolute atomic E-state index is 0.413. The maximum atomic E-state index is 13.3. The molecule has 0 saturated heterocycles. The van der Waals surface area contributed by atoms with Crippen LogP contribution in [0.5, 0.6) is 17.2 Å². The Morgan fingerprint density at radius 2 is 1.07 bits per heavy atom. The van der Waals surface area contributed by atoms with Gasteiger partial charge in [0.15, 0.2) is 0 Å². The van der Waals surface area contributed by atoms with E-state index < -0.39 is 15.6 Å². The molecule has 3 rings (SSSR count). The number of rotatable bonds is 7. The van der Waals surface area contributed by atoms with Gasteiger partial charge in [0.05, 0.1) is 0 Å². The van der Waals surface area contributed by atoms with Crippen molar-refractivity contribution in [3.05, 3.63) is 90.5 Å². The lowest BCUT2D eigenvalue weighted by atomic mass is 10.1. The molecule has 3 aromatic rings. The molecule has 0 saturated carbocycles. The van der Waals surface area contributed by atoms with Crippen LogP contribution in [-0.2, 0) is 15.6 Å². The number of aryl methyl sites for hydroxylation is 1. The first-order valence-electron chi connectivity index (χ1n) is 8.83. The van der Waals surface area contributed by atoms with Gasteiger partial charge in [-0.3, -0.25) is 0 Å². The summed E-state index contributed by atoms with van der Waals surface area (Å²) in [5.41, 5.74) is 0.927. The highest BCUT2D eigenvalue weighted by Crippen LogP contribution is 2.50. The van der Waals surface area contributed by atoms with Crippen molar-refractivity contribution >= 4 is 15.6 Å². The first kappa shape index (κ1) is 23.7. The fraction of sp³-hybridized carbons (Fsp3) is 0.100. The zero-order valence-corrected chi connectivity index (χ0v) is 17.9. The molecule has 0 atom stereocenters. The quantitative estimate of drug-likeness (QED) is 0.430. The van der Waals surface area contributed by atoms with Gasteiger partial charge in [-0.15, -0.1) is 0 Å². The van der Waals surface area contributed by atoms with Gasteiger partial charge in [0.2, 0.25) is 0 Å². The van der Waals surface area contributed by atoms with E-state index in [9.17, 15) is 4.57 Å². The van der Waals surface area contributed by atoms with E-state index in [2.05, 4.69) is 0 Å². The van der Waals surface area contributed by atoms with Crippen LogP contribution in [0.3, 0.4) is 0 Å². The number of benzene rings is 3. The molecule has 0 radical (unpaired) electrons. The van der Waals surface area contributed by atoms with Crippen molar-refractivity contribution in [2.75, 3.05) is 0 Å². The normalized spacial score (nSPS) is 11.1. The average molecular weight is 452 g/mol. The first-order valence-corrected chi connectivity index (χ1v) is 11.9. The fourth-order valence-electron chi connectivity index (χ4n) is 2.28. The topological polar surface area (TPSA) is 123 Å². The van der Waals surface area contributed by atoms with E-state index in [1.165, 1.54) is 0 Å². The predicted molar refractivity (Wildman–Crippen MR) is 112 cm³/mol. The lowest BCUT2D eigenvalue weighted by Gasteiger charge is -2.20. The molecule has 8 nitrogen and oxygen atoms in total. The Kier molecular flexibility index (Phi) is 8.66. The molecule has 0 aliphatic heterocycles. The summed E-state index contributed by atoms with van der Waals surface area (Å²) in [7, 11) is -8.56. The summed E-state index contributed by atoms with van der Waals surface area (Å²) in [6.45, 7) is 2.00. The lowest BCUT2D eigenvalue weighted by molar-refractivity contribution is 0.275. The van der Waals surface area contributed by atoms with Gasteiger partial charge >= 0.3 is 15.6 Å². The Hall–Kier alpha value is -2.60. The van der Waals surface area contributed by atoms with E-state index in [-0.39, 0.29) is 0 Å². The third-order valence-electron chi connectivity index (χ3n) is 3.48. The maximum Gasteiger partial charge on any atom is 0.647 e. The molecule has 0 aromatic heterocycles. The van der Waals surface area contributed by atoms with Gasteiger partial charge in [-0.25, -0.2) is 4.57 Å². The van der Waals surface area contributed by atoms with Gasteiger partial charge in [-0.1, -0.05) is 61.5 Å². The molecule has 10 heteroatoms. The molecule has 30 heavy (non-hydrogen) atoms. The first-order chi connectivity index (χ1) is 14.2. The van der Waals surface area contributed by atoms with E-state index in [4.69, 9.17) is 32.8 Å². The molecule has 0 unspecified atom stereocenters. The van der Waals surface area contributed by atoms with Gasteiger partial charge in [-0.05, 0) is 42.3 Å². The monoisotopic (exact) mass is 452 g/mol. The zero-order chi connectivity index (χ0) is 22.0. The van der Waals surface area contributed by atoms with Crippen molar-refractivity contribution in [2.45, 2.75) is 13.3 Å². The predicted octanol–water partition coefficient (Wildman–Crippen LogP) is 4.97. The summed E-state index contributed by atoms with van der Waals surface area (Å²) in [6, 6.07) is 25.1. The Bertz CT molecular complexity index is 952. The zero-order valence-electron chi connectivity index (χ0n) is 16.1. The van der Waals surface area contributed by atoms with Crippen LogP contribution < -0.4 is 13.6 Å². The molecule has 0 aliphatic rings. The highest BCUT2D eigenvalue weighted by molar-refractivity contribution is 7.49. The molecule has 0 aliphatic carbocycles. The standard InChI is InChI=1S/C20H19O4P.H3O4P/c1-2-17-11-9-10-16-20(17)24-25(21,22-18-12-5-3-6-13-18)23-19-14-7-4-8-15-19;1-5(2,3)4/h3-16H,2H2,1H3;(H3,1,2,3,4). The molecule has 0 bridgehead atoms. The van der Waals surface area contributed by atoms with Crippen LogP contribution in [0.4, 0.5) is 0 Å². The van der Waals surface area contributed by atoms with Crippen LogP contribution in [0.15, 0.2) is 84.9 Å². The summed E-state index contributed by atoms with van der Waals surface area (Å²) in [5, 5.41) is 0. The van der Waals surface area contributed by atoms with Crippen molar-refractivity contribution in [1.29, 1.82) is 0 Å². The minimum atomic E-state index is -4.64. The molecule has 160 valence electrons. The number of phosphoric acid groups is 2. The largest absolute Gasteiger partial charge is 0.647 e. The molecular weight excluding hydrogens is 430 g/mol. The Balaban J connectivity index is 0.000000575. The summed E-state index contributed by atoms with van der Waals surface area (Å²) in [6.07, 6.45) is 0.743. The third-order valence-corrected chi connectivity index (χ3v) is 4.77. The summed E-state index contributed by atoms with van der Waals surface area (Å²) in [4.78, 5) is 21.6. The van der Waals surface area contributed by atoms with Crippen LogP contribution in [0.1, 0.15) is 12.5 Å². The van der Waals surface area contributed by atoms with Crippen molar-refractivity contribution in [3.8, 4) is 17.2 Å². The third kappa shape index (κ3) is 8.82. The van der Waals surface area contributed by atoms with Gasteiger partial charge in [0, 0.05) is 0 Å². The van der Waals surface area contributed by atoms with Gasteiger partial charge in [0.25, 0.3) is 0 Å². The van der Waals surface area contributed by atoms with E-state index in [0.29, 0.717) is 17.2 Å². The summed E-state index contributed by atoms with van der Waals surface area (Å²) < 4.78 is 39.2. The molecular formula is C20H22O8P2. The minimum Gasteiger partial charge on any atom is -0.386 e. The smallest absolute Gasteiger partial charge is 0.386 e. The highest BCUT2D eigenvalue weighted by Gasteiger charge is 2.33. The number of phosphoric ester groups is 1. The van der Waals surface area contributed by atoms with Crippen molar-refractivity contribution in [3.63, 3.8) is 0 Å². The van der Waals surface area contributed by atoms with Crippen LogP contribution in [0, 0.1) is 0 Å². The Morgan fingerprint density at radius 3 is 1.50 bits per heavy atom. The molecule has 0 spiro atoms. The van der Waals surface area contributed by atoms with Crippen LogP contribution in [0.25, 0.3) is 0 Å².